The van der Waals surface area contributed by atoms with Gasteiger partial charge < -0.3 is 13.9 Å². The van der Waals surface area contributed by atoms with Gasteiger partial charge in [0.1, 0.15) is 5.82 Å². The molecule has 0 aliphatic rings. The first kappa shape index (κ1) is 40.7. The standard InChI is InChI=1S/C61H56N4O.Pt/c1-40(2)41(3)43-31-32-62-58(35-43)65-54-26-14-13-23-52(54)53-30-29-49(38-57(53)65)66-48-22-17-21-47(37-48)63-39-64(56-28-16-15-27-55(56)63)59-50(42-19-11-10-12-20-42)24-18-25-51(59)44-33-45(60(4,5)6)36-46(34-44)61(7,8)9;/h10-36,40-41H,1-9H3;/q-2;/i13D,14D,23D,26D;. The topological polar surface area (TPSA) is 35.9 Å². The van der Waals surface area contributed by atoms with Crippen LogP contribution in [0, 0.1) is 24.4 Å². The fraction of sp³-hybridized carbons (Fsp3) is 0.213. The van der Waals surface area contributed by atoms with E-state index in [1.165, 1.54) is 11.1 Å². The summed E-state index contributed by atoms with van der Waals surface area (Å²) in [6.07, 6.45) is 5.55. The van der Waals surface area contributed by atoms with Gasteiger partial charge in [0.15, 0.2) is 0 Å². The molecule has 5 nitrogen and oxygen atoms in total. The molecule has 3 heterocycles. The Kier molecular flexibility index (Phi) is 10.9. The molecule has 1 atom stereocenters. The van der Waals surface area contributed by atoms with Crippen LogP contribution in [0.25, 0.3) is 72.3 Å². The third-order valence-corrected chi connectivity index (χ3v) is 12.9. The zero-order chi connectivity index (χ0) is 49.4. The van der Waals surface area contributed by atoms with Gasteiger partial charge >= 0.3 is 0 Å². The number of hydrogen-bond acceptors (Lipinski definition) is 2. The number of aromatic nitrogens is 4. The molecule has 0 spiro atoms. The molecule has 0 fully saturated rings. The second kappa shape index (κ2) is 17.9. The van der Waals surface area contributed by atoms with Crippen molar-refractivity contribution in [2.45, 2.75) is 79.1 Å². The third-order valence-electron chi connectivity index (χ3n) is 12.9. The zero-order valence-corrected chi connectivity index (χ0v) is 41.7. The normalized spacial score (nSPS) is 13.3. The molecule has 3 aromatic heterocycles. The first-order valence-electron chi connectivity index (χ1n) is 24.8. The Morgan fingerprint density at radius 2 is 1.31 bits per heavy atom. The summed E-state index contributed by atoms with van der Waals surface area (Å²) in [6, 6.07) is 52.1. The van der Waals surface area contributed by atoms with Gasteiger partial charge in [0.2, 0.25) is 0 Å². The number of rotatable bonds is 9. The maximum Gasteiger partial charge on any atom is 0.268 e. The number of pyridine rings is 1. The predicted octanol–water partition coefficient (Wildman–Crippen LogP) is 15.3. The van der Waals surface area contributed by atoms with Gasteiger partial charge in [0, 0.05) is 44.3 Å². The van der Waals surface area contributed by atoms with Crippen molar-refractivity contribution in [1.29, 1.82) is 0 Å². The summed E-state index contributed by atoms with van der Waals surface area (Å²) in [5.74, 6) is 1.97. The molecule has 67 heavy (non-hydrogen) atoms. The van der Waals surface area contributed by atoms with Crippen molar-refractivity contribution < 1.29 is 35.9 Å². The maximum absolute atomic E-state index is 9.08. The van der Waals surface area contributed by atoms with Crippen LogP contribution in [-0.2, 0) is 31.9 Å². The summed E-state index contributed by atoms with van der Waals surface area (Å²) in [7, 11) is 0. The van der Waals surface area contributed by atoms with E-state index in [0.717, 1.165) is 50.2 Å². The van der Waals surface area contributed by atoms with Crippen LogP contribution in [-0.4, -0.2) is 14.1 Å². The summed E-state index contributed by atoms with van der Waals surface area (Å²) in [4.78, 5) is 4.76. The minimum Gasteiger partial charge on any atom is -0.510 e. The van der Waals surface area contributed by atoms with Crippen molar-refractivity contribution in [3.05, 3.63) is 199 Å². The Morgan fingerprint density at radius 3 is 2.04 bits per heavy atom. The van der Waals surface area contributed by atoms with E-state index in [2.05, 4.69) is 164 Å². The van der Waals surface area contributed by atoms with Gasteiger partial charge in [-0.25, -0.2) is 4.98 Å². The zero-order valence-electron chi connectivity index (χ0n) is 43.4. The van der Waals surface area contributed by atoms with E-state index < -0.39 is 0 Å². The fourth-order valence-electron chi connectivity index (χ4n) is 8.80. The molecule has 0 bridgehead atoms. The van der Waals surface area contributed by atoms with Crippen LogP contribution in [0.5, 0.6) is 11.5 Å². The SMILES string of the molecule is [2H]c1c([2H])c([2H])c2c(c1[2H])c1ccc(Oc3[c-]c(-n4[c-][n+](-c5c(-c6ccccc6)cccc5-c5cc(C(C)(C)C)cc(C(C)(C)C)c5)c5ccccc54)ccc3)[c-]c1n2-c1cc(C(C)C(C)C)ccn1.[Pt]. The van der Waals surface area contributed by atoms with Gasteiger partial charge in [0.25, 0.3) is 6.33 Å². The quantitative estimate of drug-likeness (QED) is 0.107. The smallest absolute Gasteiger partial charge is 0.268 e. The van der Waals surface area contributed by atoms with E-state index in [-0.39, 0.29) is 62.0 Å². The minimum absolute atomic E-state index is 0. The second-order valence-corrected chi connectivity index (χ2v) is 19.8. The Balaban J connectivity index is 0.00000624. The van der Waals surface area contributed by atoms with Gasteiger partial charge in [-0.2, -0.15) is 18.2 Å². The summed E-state index contributed by atoms with van der Waals surface area (Å²) in [5.41, 5.74) is 12.4. The molecule has 338 valence electrons. The number of para-hydroxylation sites is 4. The molecule has 0 aliphatic heterocycles. The van der Waals surface area contributed by atoms with Crippen molar-refractivity contribution in [3.8, 4) is 50.9 Å². The van der Waals surface area contributed by atoms with E-state index in [1.54, 1.807) is 16.8 Å². The average molecular weight is 1060 g/mol. The predicted molar refractivity (Wildman–Crippen MR) is 271 cm³/mol. The van der Waals surface area contributed by atoms with Crippen molar-refractivity contribution in [2.24, 2.45) is 5.92 Å². The van der Waals surface area contributed by atoms with E-state index in [4.69, 9.17) is 15.2 Å². The van der Waals surface area contributed by atoms with Gasteiger partial charge in [-0.15, -0.1) is 29.7 Å². The Labute approximate surface area is 415 Å². The third kappa shape index (κ3) is 8.67. The van der Waals surface area contributed by atoms with Crippen LogP contribution in [0.15, 0.2) is 164 Å². The summed E-state index contributed by atoms with van der Waals surface area (Å²) < 4.78 is 47.9. The van der Waals surface area contributed by atoms with Crippen LogP contribution in [0.3, 0.4) is 0 Å². The van der Waals surface area contributed by atoms with Crippen molar-refractivity contribution >= 4 is 32.8 Å². The average Bonchev–Trinajstić information content (AvgIpc) is 3.91. The summed E-state index contributed by atoms with van der Waals surface area (Å²) in [6.45, 7) is 20.2. The van der Waals surface area contributed by atoms with E-state index >= 15 is 0 Å². The van der Waals surface area contributed by atoms with Gasteiger partial charge in [0.05, 0.1) is 22.2 Å². The van der Waals surface area contributed by atoms with Gasteiger partial charge in [-0.05, 0) is 90.9 Å². The van der Waals surface area contributed by atoms with E-state index in [1.807, 2.05) is 53.1 Å². The molecule has 7 aromatic carbocycles. The molecule has 6 heteroatoms. The van der Waals surface area contributed by atoms with Crippen LogP contribution in [0.4, 0.5) is 0 Å². The molecule has 10 rings (SSSR count). The molecule has 0 saturated heterocycles. The molecule has 1 unspecified atom stereocenters. The number of benzene rings is 7. The Hall–Kier alpha value is -6.55. The van der Waals surface area contributed by atoms with Gasteiger partial charge in [-0.1, -0.05) is 177 Å². The number of ether oxygens (including phenoxy) is 1. The molecule has 10 aromatic rings. The molecule has 0 radical (unpaired) electrons. The number of nitrogens with zero attached hydrogens (tertiary/aromatic N) is 4. The van der Waals surface area contributed by atoms with Crippen LogP contribution in [0.2, 0.25) is 0 Å². The van der Waals surface area contributed by atoms with Crippen LogP contribution in [0.1, 0.15) is 90.4 Å². The Bertz CT molecular complexity index is 3630. The number of imidazole rings is 1. The van der Waals surface area contributed by atoms with E-state index in [0.29, 0.717) is 45.0 Å². The van der Waals surface area contributed by atoms with E-state index in [9.17, 15) is 0 Å². The molecular formula is C61H56N4OPt-2. The Morgan fingerprint density at radius 1 is 0.642 bits per heavy atom. The van der Waals surface area contributed by atoms with Gasteiger partial charge in [-0.3, -0.25) is 4.57 Å². The summed E-state index contributed by atoms with van der Waals surface area (Å²) in [5, 5.41) is 1.02. The first-order chi connectivity index (χ1) is 33.4. The number of fused-ring (bicyclic) bond motifs is 4. The van der Waals surface area contributed by atoms with Crippen LogP contribution < -0.4 is 9.30 Å². The van der Waals surface area contributed by atoms with Crippen molar-refractivity contribution in [3.63, 3.8) is 0 Å². The maximum atomic E-state index is 9.08. The van der Waals surface area contributed by atoms with Crippen molar-refractivity contribution in [2.75, 3.05) is 0 Å². The monoisotopic (exact) mass is 1060 g/mol. The van der Waals surface area contributed by atoms with Crippen LogP contribution >= 0.6 is 0 Å². The first-order valence-corrected chi connectivity index (χ1v) is 22.8. The second-order valence-electron chi connectivity index (χ2n) is 19.8. The molecule has 0 aliphatic carbocycles. The summed E-state index contributed by atoms with van der Waals surface area (Å²) >= 11 is 0. The number of hydrogen-bond donors (Lipinski definition) is 0. The van der Waals surface area contributed by atoms with Crippen molar-refractivity contribution in [1.82, 2.24) is 14.1 Å². The molecular weight excluding hydrogens is 1000 g/mol. The fourth-order valence-corrected chi connectivity index (χ4v) is 8.80. The largest absolute Gasteiger partial charge is 0.510 e. The molecule has 0 N–H and O–H groups in total. The molecule has 0 saturated carbocycles. The minimum atomic E-state index is -0.309. The molecule has 0 amide bonds.